The van der Waals surface area contributed by atoms with Crippen molar-refractivity contribution in [1.29, 1.82) is 0 Å². The third-order valence-electron chi connectivity index (χ3n) is 3.08. The molecule has 1 saturated heterocycles. The summed E-state index contributed by atoms with van der Waals surface area (Å²) in [5.41, 5.74) is 0.551. The standard InChI is InChI=1S/C12H16BrNO3/c1-2-17-11-10(5-9(13)6-14-11)12(7-15)3-4-16-8-12/h5-6,15H,2-4,7-8H2,1H3/t12-/m1/s1. The first-order valence-electron chi connectivity index (χ1n) is 5.69. The van der Waals surface area contributed by atoms with E-state index in [0.29, 0.717) is 25.7 Å². The Bertz CT molecular complexity index is 391. The number of rotatable bonds is 4. The molecule has 1 aliphatic rings. The predicted octanol–water partition coefficient (Wildman–Crippen LogP) is 1.89. The number of ether oxygens (including phenoxy) is 2. The van der Waals surface area contributed by atoms with E-state index in [1.165, 1.54) is 0 Å². The van der Waals surface area contributed by atoms with Crippen molar-refractivity contribution in [3.63, 3.8) is 0 Å². The van der Waals surface area contributed by atoms with Gasteiger partial charge in [0.1, 0.15) is 0 Å². The Morgan fingerprint density at radius 2 is 2.47 bits per heavy atom. The number of pyridine rings is 1. The zero-order valence-electron chi connectivity index (χ0n) is 9.78. The zero-order valence-corrected chi connectivity index (χ0v) is 11.4. The van der Waals surface area contributed by atoms with Crippen LogP contribution in [0.25, 0.3) is 0 Å². The first kappa shape index (κ1) is 12.8. The molecule has 4 nitrogen and oxygen atoms in total. The summed E-state index contributed by atoms with van der Waals surface area (Å²) in [6.07, 6.45) is 2.50. The van der Waals surface area contributed by atoms with Gasteiger partial charge in [-0.15, -0.1) is 0 Å². The van der Waals surface area contributed by atoms with E-state index in [1.54, 1.807) is 6.20 Å². The highest BCUT2D eigenvalue weighted by molar-refractivity contribution is 9.10. The lowest BCUT2D eigenvalue weighted by molar-refractivity contribution is 0.137. The van der Waals surface area contributed by atoms with E-state index >= 15 is 0 Å². The molecule has 0 amide bonds. The van der Waals surface area contributed by atoms with Gasteiger partial charge < -0.3 is 14.6 Å². The average molecular weight is 302 g/mol. The second kappa shape index (κ2) is 5.33. The zero-order chi connectivity index (χ0) is 12.3. The largest absolute Gasteiger partial charge is 0.478 e. The monoisotopic (exact) mass is 301 g/mol. The molecule has 1 atom stereocenters. The molecule has 0 bridgehead atoms. The van der Waals surface area contributed by atoms with Crippen LogP contribution in [0.4, 0.5) is 0 Å². The van der Waals surface area contributed by atoms with E-state index in [0.717, 1.165) is 16.5 Å². The fourth-order valence-corrected chi connectivity index (χ4v) is 2.42. The van der Waals surface area contributed by atoms with Crippen molar-refractivity contribution in [3.8, 4) is 5.88 Å². The number of aliphatic hydroxyl groups excluding tert-OH is 1. The normalized spacial score (nSPS) is 23.9. The number of aromatic nitrogens is 1. The minimum absolute atomic E-state index is 0.0468. The Labute approximate surface area is 109 Å². The fraction of sp³-hybridized carbons (Fsp3) is 0.583. The molecular formula is C12H16BrNO3. The molecule has 0 aromatic carbocycles. The quantitative estimate of drug-likeness (QED) is 0.923. The summed E-state index contributed by atoms with van der Waals surface area (Å²) in [6.45, 7) is 3.71. The number of aliphatic hydroxyl groups is 1. The molecule has 94 valence electrons. The summed E-state index contributed by atoms with van der Waals surface area (Å²) >= 11 is 3.41. The maximum atomic E-state index is 9.67. The minimum atomic E-state index is -0.374. The molecular weight excluding hydrogens is 286 g/mol. The van der Waals surface area contributed by atoms with Crippen LogP contribution in [0, 0.1) is 0 Å². The number of halogens is 1. The van der Waals surface area contributed by atoms with E-state index < -0.39 is 0 Å². The summed E-state index contributed by atoms with van der Waals surface area (Å²) in [5.74, 6) is 0.593. The molecule has 0 saturated carbocycles. The van der Waals surface area contributed by atoms with E-state index in [1.807, 2.05) is 13.0 Å². The average Bonchev–Trinajstić information content (AvgIpc) is 2.81. The van der Waals surface area contributed by atoms with Gasteiger partial charge in [0.15, 0.2) is 0 Å². The SMILES string of the molecule is CCOc1ncc(Br)cc1[C@@]1(CO)CCOC1. The highest BCUT2D eigenvalue weighted by Gasteiger charge is 2.39. The predicted molar refractivity (Wildman–Crippen MR) is 67.3 cm³/mol. The molecule has 1 fully saturated rings. The van der Waals surface area contributed by atoms with Crippen LogP contribution in [0.3, 0.4) is 0 Å². The highest BCUT2D eigenvalue weighted by Crippen LogP contribution is 2.38. The topological polar surface area (TPSA) is 51.6 Å². The molecule has 0 spiro atoms. The molecule has 0 unspecified atom stereocenters. The maximum Gasteiger partial charge on any atom is 0.217 e. The second-order valence-electron chi connectivity index (χ2n) is 4.18. The molecule has 5 heteroatoms. The third-order valence-corrected chi connectivity index (χ3v) is 3.51. The molecule has 1 N–H and O–H groups in total. The third kappa shape index (κ3) is 2.46. The second-order valence-corrected chi connectivity index (χ2v) is 5.10. The van der Waals surface area contributed by atoms with Gasteiger partial charge in [-0.3, -0.25) is 0 Å². The number of hydrogen-bond acceptors (Lipinski definition) is 4. The lowest BCUT2D eigenvalue weighted by atomic mass is 9.81. The van der Waals surface area contributed by atoms with E-state index in [4.69, 9.17) is 9.47 Å². The Morgan fingerprint density at radius 3 is 3.06 bits per heavy atom. The van der Waals surface area contributed by atoms with Crippen LogP contribution in [0.2, 0.25) is 0 Å². The van der Waals surface area contributed by atoms with E-state index in [9.17, 15) is 5.11 Å². The van der Waals surface area contributed by atoms with Gasteiger partial charge in [-0.25, -0.2) is 4.98 Å². The summed E-state index contributed by atoms with van der Waals surface area (Å²) in [6, 6.07) is 1.96. The number of nitrogens with zero attached hydrogens (tertiary/aromatic N) is 1. The molecule has 0 radical (unpaired) electrons. The fourth-order valence-electron chi connectivity index (χ4n) is 2.09. The first-order chi connectivity index (χ1) is 8.22. The Kier molecular flexibility index (Phi) is 4.01. The van der Waals surface area contributed by atoms with Crippen molar-refractivity contribution < 1.29 is 14.6 Å². The molecule has 1 aromatic heterocycles. The molecule has 2 rings (SSSR count). The molecule has 2 heterocycles. The van der Waals surface area contributed by atoms with Crippen LogP contribution >= 0.6 is 15.9 Å². The van der Waals surface area contributed by atoms with E-state index in [-0.39, 0.29) is 12.0 Å². The van der Waals surface area contributed by atoms with Crippen molar-refractivity contribution in [3.05, 3.63) is 22.3 Å². The van der Waals surface area contributed by atoms with Crippen LogP contribution in [0.15, 0.2) is 16.7 Å². The van der Waals surface area contributed by atoms with Crippen LogP contribution in [0.5, 0.6) is 5.88 Å². The summed E-state index contributed by atoms with van der Waals surface area (Å²) < 4.78 is 11.8. The van der Waals surface area contributed by atoms with Gasteiger partial charge in [-0.05, 0) is 35.3 Å². The molecule has 17 heavy (non-hydrogen) atoms. The lowest BCUT2D eigenvalue weighted by Crippen LogP contribution is -2.32. The first-order valence-corrected chi connectivity index (χ1v) is 6.48. The van der Waals surface area contributed by atoms with E-state index in [2.05, 4.69) is 20.9 Å². The van der Waals surface area contributed by atoms with Crippen molar-refractivity contribution in [2.75, 3.05) is 26.4 Å². The molecule has 1 aromatic rings. The molecule has 0 aliphatic carbocycles. The summed E-state index contributed by atoms with van der Waals surface area (Å²) in [4.78, 5) is 4.27. The smallest absolute Gasteiger partial charge is 0.217 e. The van der Waals surface area contributed by atoms with Gasteiger partial charge in [-0.1, -0.05) is 0 Å². The van der Waals surface area contributed by atoms with Gasteiger partial charge in [-0.2, -0.15) is 0 Å². The Hall–Kier alpha value is -0.650. The number of hydrogen-bond donors (Lipinski definition) is 1. The van der Waals surface area contributed by atoms with Crippen LogP contribution in [0.1, 0.15) is 18.9 Å². The Morgan fingerprint density at radius 1 is 1.65 bits per heavy atom. The van der Waals surface area contributed by atoms with Gasteiger partial charge in [0.25, 0.3) is 0 Å². The van der Waals surface area contributed by atoms with Crippen molar-refractivity contribution >= 4 is 15.9 Å². The summed E-state index contributed by atoms with van der Waals surface area (Å²) in [7, 11) is 0. The minimum Gasteiger partial charge on any atom is -0.478 e. The van der Waals surface area contributed by atoms with Crippen LogP contribution < -0.4 is 4.74 Å². The van der Waals surface area contributed by atoms with Crippen molar-refractivity contribution in [2.24, 2.45) is 0 Å². The van der Waals surface area contributed by atoms with Gasteiger partial charge in [0.05, 0.1) is 19.8 Å². The van der Waals surface area contributed by atoms with Gasteiger partial charge >= 0.3 is 0 Å². The molecule has 1 aliphatic heterocycles. The van der Waals surface area contributed by atoms with Crippen molar-refractivity contribution in [2.45, 2.75) is 18.8 Å². The van der Waals surface area contributed by atoms with Crippen molar-refractivity contribution in [1.82, 2.24) is 4.98 Å². The highest BCUT2D eigenvalue weighted by atomic mass is 79.9. The van der Waals surface area contributed by atoms with Crippen LogP contribution in [-0.2, 0) is 10.2 Å². The van der Waals surface area contributed by atoms with Gasteiger partial charge in [0, 0.05) is 28.3 Å². The Balaban J connectivity index is 2.43. The van der Waals surface area contributed by atoms with Gasteiger partial charge in [0.2, 0.25) is 5.88 Å². The van der Waals surface area contributed by atoms with Crippen LogP contribution in [-0.4, -0.2) is 36.5 Å². The summed E-state index contributed by atoms with van der Waals surface area (Å²) in [5, 5.41) is 9.67. The lowest BCUT2D eigenvalue weighted by Gasteiger charge is -2.26. The maximum absolute atomic E-state index is 9.67.